The molecule has 1 heterocycles. The SMILES string of the molecule is Cc1ccc(-n2nnnc2SCC(=O)Nc2ccc(F)cc2F)cc1. The number of aromatic nitrogens is 4. The van der Waals surface area contributed by atoms with E-state index in [1.165, 1.54) is 10.7 Å². The number of rotatable bonds is 5. The number of thioether (sulfide) groups is 1. The Morgan fingerprint density at radius 1 is 1.20 bits per heavy atom. The molecule has 0 bridgehead atoms. The third-order valence-corrected chi connectivity index (χ3v) is 4.18. The quantitative estimate of drug-likeness (QED) is 0.708. The molecule has 0 atom stereocenters. The fourth-order valence-corrected chi connectivity index (χ4v) is 2.71. The number of tetrazole rings is 1. The monoisotopic (exact) mass is 361 g/mol. The summed E-state index contributed by atoms with van der Waals surface area (Å²) in [7, 11) is 0. The van der Waals surface area contributed by atoms with Gasteiger partial charge >= 0.3 is 0 Å². The lowest BCUT2D eigenvalue weighted by atomic mass is 10.2. The molecular weight excluding hydrogens is 348 g/mol. The molecule has 0 aliphatic carbocycles. The minimum absolute atomic E-state index is 0.0248. The Hall–Kier alpha value is -2.81. The van der Waals surface area contributed by atoms with Gasteiger partial charge in [-0.1, -0.05) is 29.5 Å². The summed E-state index contributed by atoms with van der Waals surface area (Å²) in [4.78, 5) is 12.0. The summed E-state index contributed by atoms with van der Waals surface area (Å²) in [5.41, 5.74) is 1.79. The number of carbonyl (C=O) groups is 1. The van der Waals surface area contributed by atoms with Gasteiger partial charge in [0, 0.05) is 6.07 Å². The van der Waals surface area contributed by atoms with Crippen LogP contribution in [0.15, 0.2) is 47.6 Å². The Balaban J connectivity index is 1.65. The second-order valence-corrected chi connectivity index (χ2v) is 6.11. The third kappa shape index (κ3) is 4.18. The fourth-order valence-electron chi connectivity index (χ4n) is 2.02. The molecule has 1 amide bonds. The van der Waals surface area contributed by atoms with Crippen LogP contribution in [0.3, 0.4) is 0 Å². The van der Waals surface area contributed by atoms with Crippen molar-refractivity contribution in [1.29, 1.82) is 0 Å². The molecule has 1 N–H and O–H groups in total. The van der Waals surface area contributed by atoms with E-state index in [-0.39, 0.29) is 11.4 Å². The van der Waals surface area contributed by atoms with Crippen LogP contribution in [0.4, 0.5) is 14.5 Å². The highest BCUT2D eigenvalue weighted by Crippen LogP contribution is 2.20. The predicted molar refractivity (Wildman–Crippen MR) is 89.6 cm³/mol. The van der Waals surface area contributed by atoms with Crippen LogP contribution >= 0.6 is 11.8 Å². The average Bonchev–Trinajstić information content (AvgIpc) is 3.05. The zero-order valence-corrected chi connectivity index (χ0v) is 13.9. The molecule has 0 radical (unpaired) electrons. The minimum atomic E-state index is -0.831. The number of halogens is 2. The van der Waals surface area contributed by atoms with Crippen molar-refractivity contribution in [2.45, 2.75) is 12.1 Å². The highest BCUT2D eigenvalue weighted by molar-refractivity contribution is 7.99. The van der Waals surface area contributed by atoms with Gasteiger partial charge in [0.1, 0.15) is 11.6 Å². The van der Waals surface area contributed by atoms with Gasteiger partial charge in [-0.3, -0.25) is 4.79 Å². The fraction of sp³-hybridized carbons (Fsp3) is 0.125. The molecule has 2 aromatic carbocycles. The predicted octanol–water partition coefficient (Wildman–Crippen LogP) is 2.98. The van der Waals surface area contributed by atoms with E-state index in [1.807, 2.05) is 31.2 Å². The van der Waals surface area contributed by atoms with Crippen molar-refractivity contribution in [3.63, 3.8) is 0 Å². The molecular formula is C16H13F2N5OS. The largest absolute Gasteiger partial charge is 0.323 e. The van der Waals surface area contributed by atoms with Gasteiger partial charge in [-0.25, -0.2) is 8.78 Å². The van der Waals surface area contributed by atoms with Gasteiger partial charge in [-0.05, 0) is 41.6 Å². The van der Waals surface area contributed by atoms with E-state index in [0.29, 0.717) is 11.2 Å². The molecule has 0 aliphatic heterocycles. The highest BCUT2D eigenvalue weighted by atomic mass is 32.2. The first-order valence-corrected chi connectivity index (χ1v) is 8.24. The molecule has 6 nitrogen and oxygen atoms in total. The van der Waals surface area contributed by atoms with E-state index in [1.54, 1.807) is 0 Å². The number of aryl methyl sites for hydroxylation is 1. The first-order chi connectivity index (χ1) is 12.0. The maximum absolute atomic E-state index is 13.5. The zero-order valence-electron chi connectivity index (χ0n) is 13.1. The summed E-state index contributed by atoms with van der Waals surface area (Å²) in [6.07, 6.45) is 0. The molecule has 9 heteroatoms. The lowest BCUT2D eigenvalue weighted by Gasteiger charge is -2.07. The number of hydrogen-bond acceptors (Lipinski definition) is 5. The van der Waals surface area contributed by atoms with Gasteiger partial charge in [-0.2, -0.15) is 4.68 Å². The Kier molecular flexibility index (Phi) is 5.03. The highest BCUT2D eigenvalue weighted by Gasteiger charge is 2.13. The number of nitrogens with one attached hydrogen (secondary N) is 1. The van der Waals surface area contributed by atoms with Gasteiger partial charge in [-0.15, -0.1) is 5.10 Å². The number of benzene rings is 2. The van der Waals surface area contributed by atoms with E-state index in [4.69, 9.17) is 0 Å². The Labute approximate surface area is 146 Å². The standard InChI is InChI=1S/C16H13F2N5OS/c1-10-2-5-12(6-3-10)23-16(20-21-22-23)25-9-15(24)19-14-7-4-11(17)8-13(14)18/h2-8H,9H2,1H3,(H,19,24). The topological polar surface area (TPSA) is 72.7 Å². The summed E-state index contributed by atoms with van der Waals surface area (Å²) in [5, 5.41) is 14.2. The molecule has 3 rings (SSSR count). The van der Waals surface area contributed by atoms with Crippen molar-refractivity contribution in [2.75, 3.05) is 11.1 Å². The van der Waals surface area contributed by atoms with Crippen molar-refractivity contribution in [3.8, 4) is 5.69 Å². The van der Waals surface area contributed by atoms with E-state index >= 15 is 0 Å². The van der Waals surface area contributed by atoms with Gasteiger partial charge in [0.2, 0.25) is 11.1 Å². The van der Waals surface area contributed by atoms with Gasteiger partial charge < -0.3 is 5.32 Å². The number of anilines is 1. The van der Waals surface area contributed by atoms with E-state index < -0.39 is 17.5 Å². The van der Waals surface area contributed by atoms with Crippen LogP contribution in [0.5, 0.6) is 0 Å². The lowest BCUT2D eigenvalue weighted by molar-refractivity contribution is -0.113. The summed E-state index contributed by atoms with van der Waals surface area (Å²) < 4.78 is 27.9. The Morgan fingerprint density at radius 3 is 2.68 bits per heavy atom. The first kappa shape index (κ1) is 17.0. The van der Waals surface area contributed by atoms with Crippen LogP contribution in [-0.2, 0) is 4.79 Å². The summed E-state index contributed by atoms with van der Waals surface area (Å²) in [6.45, 7) is 1.97. The third-order valence-electron chi connectivity index (χ3n) is 3.26. The van der Waals surface area contributed by atoms with Crippen molar-refractivity contribution < 1.29 is 13.6 Å². The molecule has 128 valence electrons. The molecule has 0 unspecified atom stereocenters. The van der Waals surface area contributed by atoms with Crippen LogP contribution in [0.25, 0.3) is 5.69 Å². The van der Waals surface area contributed by atoms with E-state index in [2.05, 4.69) is 20.8 Å². The smallest absolute Gasteiger partial charge is 0.234 e. The molecule has 3 aromatic rings. The van der Waals surface area contributed by atoms with Gasteiger partial charge in [0.05, 0.1) is 17.1 Å². The Bertz CT molecular complexity index is 898. The maximum Gasteiger partial charge on any atom is 0.234 e. The zero-order chi connectivity index (χ0) is 17.8. The number of hydrogen-bond donors (Lipinski definition) is 1. The van der Waals surface area contributed by atoms with Crippen LogP contribution in [0.1, 0.15) is 5.56 Å². The summed E-state index contributed by atoms with van der Waals surface area (Å²) in [6, 6.07) is 10.5. The molecule has 0 saturated heterocycles. The molecule has 0 aliphatic rings. The van der Waals surface area contributed by atoms with Crippen molar-refractivity contribution in [3.05, 3.63) is 59.7 Å². The van der Waals surface area contributed by atoms with Gasteiger partial charge in [0.15, 0.2) is 0 Å². The molecule has 25 heavy (non-hydrogen) atoms. The Morgan fingerprint density at radius 2 is 1.96 bits per heavy atom. The van der Waals surface area contributed by atoms with Gasteiger partial charge in [0.25, 0.3) is 0 Å². The van der Waals surface area contributed by atoms with E-state index in [0.717, 1.165) is 29.1 Å². The lowest BCUT2D eigenvalue weighted by Crippen LogP contribution is -2.15. The molecule has 0 fully saturated rings. The maximum atomic E-state index is 13.5. The number of nitrogens with zero attached hydrogens (tertiary/aromatic N) is 4. The molecule has 0 spiro atoms. The van der Waals surface area contributed by atoms with E-state index in [9.17, 15) is 13.6 Å². The summed E-state index contributed by atoms with van der Waals surface area (Å²) in [5.74, 6) is -2.01. The molecule has 0 saturated carbocycles. The first-order valence-electron chi connectivity index (χ1n) is 7.26. The normalized spacial score (nSPS) is 10.7. The van der Waals surface area contributed by atoms with Crippen LogP contribution in [0, 0.1) is 18.6 Å². The number of amides is 1. The van der Waals surface area contributed by atoms with Crippen molar-refractivity contribution in [2.24, 2.45) is 0 Å². The van der Waals surface area contributed by atoms with Crippen LogP contribution < -0.4 is 5.32 Å². The second-order valence-electron chi connectivity index (χ2n) is 5.17. The second kappa shape index (κ2) is 7.39. The summed E-state index contributed by atoms with van der Waals surface area (Å²) >= 11 is 1.11. The minimum Gasteiger partial charge on any atom is -0.323 e. The van der Waals surface area contributed by atoms with Crippen LogP contribution in [0.2, 0.25) is 0 Å². The van der Waals surface area contributed by atoms with Crippen molar-refractivity contribution >= 4 is 23.4 Å². The average molecular weight is 361 g/mol. The number of carbonyl (C=O) groups excluding carboxylic acids is 1. The van der Waals surface area contributed by atoms with Crippen LogP contribution in [-0.4, -0.2) is 31.9 Å². The molecule has 1 aromatic heterocycles. The van der Waals surface area contributed by atoms with Crippen molar-refractivity contribution in [1.82, 2.24) is 20.2 Å².